The minimum absolute atomic E-state index is 0.0651. The normalized spacial score (nSPS) is 24.8. The quantitative estimate of drug-likeness (QED) is 0.742. The first kappa shape index (κ1) is 18.9. The van der Waals surface area contributed by atoms with Gasteiger partial charge in [-0.15, -0.1) is 0 Å². The van der Waals surface area contributed by atoms with Crippen molar-refractivity contribution in [2.75, 3.05) is 24.7 Å². The summed E-state index contributed by atoms with van der Waals surface area (Å²) >= 11 is 5.96. The fourth-order valence-corrected chi connectivity index (χ4v) is 5.79. The average Bonchev–Trinajstić information content (AvgIpc) is 3.24. The molecule has 2 aromatic heterocycles. The van der Waals surface area contributed by atoms with Gasteiger partial charge in [0.2, 0.25) is 0 Å². The maximum atomic E-state index is 12.4. The number of aromatic nitrogens is 2. The Bertz CT molecular complexity index is 1000. The van der Waals surface area contributed by atoms with Gasteiger partial charge >= 0.3 is 0 Å². The van der Waals surface area contributed by atoms with Crippen LogP contribution in [-0.2, 0) is 21.1 Å². The van der Waals surface area contributed by atoms with Crippen LogP contribution in [0.4, 0.5) is 0 Å². The van der Waals surface area contributed by atoms with Gasteiger partial charge in [0.05, 0.1) is 28.3 Å². The summed E-state index contributed by atoms with van der Waals surface area (Å²) in [4.78, 5) is 19.1. The van der Waals surface area contributed by atoms with Crippen LogP contribution in [0.15, 0.2) is 29.2 Å². The van der Waals surface area contributed by atoms with Crippen molar-refractivity contribution in [2.45, 2.75) is 38.0 Å². The molecule has 2 atom stereocenters. The zero-order valence-electron chi connectivity index (χ0n) is 14.9. The molecule has 4 heterocycles. The van der Waals surface area contributed by atoms with Crippen LogP contribution in [0, 0.1) is 0 Å². The summed E-state index contributed by atoms with van der Waals surface area (Å²) in [5.41, 5.74) is 0.955. The fraction of sp³-hybridized carbons (Fsp3) is 0.556. The first-order valence-corrected chi connectivity index (χ1v) is 11.3. The lowest BCUT2D eigenvalue weighted by molar-refractivity contribution is 0.0569. The van der Waals surface area contributed by atoms with Gasteiger partial charge in [0, 0.05) is 38.0 Å². The highest BCUT2D eigenvalue weighted by Gasteiger charge is 2.34. The number of hydrogen-bond donors (Lipinski definition) is 0. The van der Waals surface area contributed by atoms with Crippen molar-refractivity contribution in [3.05, 3.63) is 45.5 Å². The van der Waals surface area contributed by atoms with Gasteiger partial charge in [-0.05, 0) is 31.4 Å². The molecule has 2 unspecified atom stereocenters. The smallest absolute Gasteiger partial charge is 0.258 e. The molecule has 9 heteroatoms. The van der Waals surface area contributed by atoms with Crippen LogP contribution in [-0.4, -0.2) is 59.5 Å². The van der Waals surface area contributed by atoms with E-state index in [-0.39, 0.29) is 29.2 Å². The standard InChI is InChI=1S/C18H22ClN3O4S/c19-13-3-4-17-20-14(8-18(23)22(17)9-13)10-21(11-16-2-1-6-26-16)15-5-7-27(24,25)12-15/h3-4,8-9,15-16H,1-2,5-7,10-12H2. The third-order valence-electron chi connectivity index (χ3n) is 5.23. The van der Waals surface area contributed by atoms with Crippen LogP contribution in [0.25, 0.3) is 5.65 Å². The second kappa shape index (κ2) is 7.50. The highest BCUT2D eigenvalue weighted by atomic mass is 35.5. The van der Waals surface area contributed by atoms with E-state index in [4.69, 9.17) is 16.3 Å². The number of sulfone groups is 1. The summed E-state index contributed by atoms with van der Waals surface area (Å²) in [6.45, 7) is 1.83. The predicted molar refractivity (Wildman–Crippen MR) is 103 cm³/mol. The maximum Gasteiger partial charge on any atom is 0.258 e. The number of nitrogens with zero attached hydrogens (tertiary/aromatic N) is 3. The molecule has 2 aromatic rings. The van der Waals surface area contributed by atoms with E-state index in [1.165, 1.54) is 10.5 Å². The van der Waals surface area contributed by atoms with Crippen molar-refractivity contribution in [3.8, 4) is 0 Å². The molecule has 4 rings (SSSR count). The summed E-state index contributed by atoms with van der Waals surface area (Å²) in [6, 6.07) is 4.83. The van der Waals surface area contributed by atoms with E-state index in [0.717, 1.165) is 19.4 Å². The van der Waals surface area contributed by atoms with Crippen molar-refractivity contribution in [3.63, 3.8) is 0 Å². The maximum absolute atomic E-state index is 12.4. The molecule has 0 amide bonds. The van der Waals surface area contributed by atoms with E-state index in [1.54, 1.807) is 18.3 Å². The molecule has 0 bridgehead atoms. The Balaban J connectivity index is 1.61. The Hall–Kier alpha value is -1.48. The predicted octanol–water partition coefficient (Wildman–Crippen LogP) is 1.52. The molecule has 2 saturated heterocycles. The number of fused-ring (bicyclic) bond motifs is 1. The number of pyridine rings is 1. The number of ether oxygens (including phenoxy) is 1. The van der Waals surface area contributed by atoms with E-state index in [1.807, 2.05) is 0 Å². The largest absolute Gasteiger partial charge is 0.377 e. The van der Waals surface area contributed by atoms with Gasteiger partial charge in [0.15, 0.2) is 9.84 Å². The minimum Gasteiger partial charge on any atom is -0.377 e. The summed E-state index contributed by atoms with van der Waals surface area (Å²) in [7, 11) is -3.00. The lowest BCUT2D eigenvalue weighted by Gasteiger charge is -2.30. The third-order valence-corrected chi connectivity index (χ3v) is 7.20. The molecule has 2 aliphatic rings. The highest BCUT2D eigenvalue weighted by molar-refractivity contribution is 7.91. The Labute approximate surface area is 162 Å². The second-order valence-corrected chi connectivity index (χ2v) is 9.95. The lowest BCUT2D eigenvalue weighted by Crippen LogP contribution is -2.41. The van der Waals surface area contributed by atoms with Crippen molar-refractivity contribution >= 4 is 27.1 Å². The molecule has 27 heavy (non-hydrogen) atoms. The number of halogens is 1. The summed E-state index contributed by atoms with van der Waals surface area (Å²) in [6.07, 6.45) is 4.26. The van der Waals surface area contributed by atoms with E-state index in [2.05, 4.69) is 9.88 Å². The first-order chi connectivity index (χ1) is 12.9. The van der Waals surface area contributed by atoms with Gasteiger partial charge in [-0.2, -0.15) is 0 Å². The van der Waals surface area contributed by atoms with Crippen molar-refractivity contribution in [1.82, 2.24) is 14.3 Å². The number of rotatable bonds is 5. The second-order valence-electron chi connectivity index (χ2n) is 7.28. The van der Waals surface area contributed by atoms with Gasteiger partial charge in [-0.1, -0.05) is 11.6 Å². The molecular formula is C18H22ClN3O4S. The van der Waals surface area contributed by atoms with E-state index >= 15 is 0 Å². The average molecular weight is 412 g/mol. The molecule has 0 radical (unpaired) electrons. The van der Waals surface area contributed by atoms with Crippen LogP contribution in [0.1, 0.15) is 25.0 Å². The van der Waals surface area contributed by atoms with E-state index in [9.17, 15) is 13.2 Å². The topological polar surface area (TPSA) is 81.0 Å². The van der Waals surface area contributed by atoms with Gasteiger partial charge in [0.25, 0.3) is 5.56 Å². The summed E-state index contributed by atoms with van der Waals surface area (Å²) < 4.78 is 31.1. The van der Waals surface area contributed by atoms with Crippen LogP contribution in [0.5, 0.6) is 0 Å². The molecule has 146 valence electrons. The molecule has 0 saturated carbocycles. The summed E-state index contributed by atoms with van der Waals surface area (Å²) in [5.74, 6) is 0.369. The Kier molecular flexibility index (Phi) is 5.24. The highest BCUT2D eigenvalue weighted by Crippen LogP contribution is 2.23. The molecular weight excluding hydrogens is 390 g/mol. The zero-order valence-corrected chi connectivity index (χ0v) is 16.5. The van der Waals surface area contributed by atoms with Crippen LogP contribution in [0.2, 0.25) is 5.02 Å². The van der Waals surface area contributed by atoms with Gasteiger partial charge in [-0.25, -0.2) is 13.4 Å². The molecule has 0 N–H and O–H groups in total. The van der Waals surface area contributed by atoms with E-state index in [0.29, 0.717) is 35.9 Å². The zero-order chi connectivity index (χ0) is 19.0. The van der Waals surface area contributed by atoms with Gasteiger partial charge in [0.1, 0.15) is 5.65 Å². The third kappa shape index (κ3) is 4.34. The Morgan fingerprint density at radius 2 is 2.19 bits per heavy atom. The van der Waals surface area contributed by atoms with Crippen LogP contribution in [0.3, 0.4) is 0 Å². The minimum atomic E-state index is -3.00. The van der Waals surface area contributed by atoms with Crippen molar-refractivity contribution in [2.24, 2.45) is 0 Å². The fourth-order valence-electron chi connectivity index (χ4n) is 3.87. The first-order valence-electron chi connectivity index (χ1n) is 9.13. The number of hydrogen-bond acceptors (Lipinski definition) is 6. The molecule has 2 aliphatic heterocycles. The Morgan fingerprint density at radius 1 is 1.33 bits per heavy atom. The monoisotopic (exact) mass is 411 g/mol. The van der Waals surface area contributed by atoms with Crippen molar-refractivity contribution in [1.29, 1.82) is 0 Å². The van der Waals surface area contributed by atoms with Crippen molar-refractivity contribution < 1.29 is 13.2 Å². The Morgan fingerprint density at radius 3 is 2.89 bits per heavy atom. The molecule has 0 spiro atoms. The molecule has 2 fully saturated rings. The van der Waals surface area contributed by atoms with Gasteiger partial charge in [-0.3, -0.25) is 14.1 Å². The van der Waals surface area contributed by atoms with Crippen LogP contribution < -0.4 is 5.56 Å². The van der Waals surface area contributed by atoms with E-state index < -0.39 is 9.84 Å². The summed E-state index contributed by atoms with van der Waals surface area (Å²) in [5, 5.41) is 0.468. The SMILES string of the molecule is O=c1cc(CN(CC2CCCO2)C2CCS(=O)(=O)C2)nc2ccc(Cl)cn12. The molecule has 7 nitrogen and oxygen atoms in total. The molecule has 0 aliphatic carbocycles. The van der Waals surface area contributed by atoms with Gasteiger partial charge < -0.3 is 4.74 Å². The molecule has 0 aromatic carbocycles. The lowest BCUT2D eigenvalue weighted by atomic mass is 10.1. The van der Waals surface area contributed by atoms with Crippen LogP contribution >= 0.6 is 11.6 Å².